The van der Waals surface area contributed by atoms with Crippen LogP contribution in [0, 0.1) is 12.7 Å². The van der Waals surface area contributed by atoms with Gasteiger partial charge in [0.15, 0.2) is 0 Å². The Bertz CT molecular complexity index is 634. The average molecular weight is 307 g/mol. The Kier molecular flexibility index (Phi) is 5.24. The first-order valence-corrected chi connectivity index (χ1v) is 6.90. The first kappa shape index (κ1) is 16.1. The van der Waals surface area contributed by atoms with Gasteiger partial charge < -0.3 is 15.1 Å². The molecule has 1 aromatic carbocycles. The molecule has 0 bridgehead atoms. The molecule has 2 aromatic rings. The number of nitrogens with zero attached hydrogens (tertiary/aromatic N) is 3. The van der Waals surface area contributed by atoms with Crippen molar-refractivity contribution in [3.63, 3.8) is 0 Å². The van der Waals surface area contributed by atoms with Gasteiger partial charge in [0.2, 0.25) is 0 Å². The minimum Gasteiger partial charge on any atom is -0.395 e. The summed E-state index contributed by atoms with van der Waals surface area (Å²) in [5.74, 6) is -0.657. The minimum atomic E-state index is -0.345. The topological polar surface area (TPSA) is 78.6 Å². The van der Waals surface area contributed by atoms with E-state index in [1.54, 1.807) is 23.7 Å². The van der Waals surface area contributed by atoms with Crippen LogP contribution >= 0.6 is 0 Å². The number of rotatable bonds is 6. The second-order valence-corrected chi connectivity index (χ2v) is 4.77. The maximum Gasteiger partial charge on any atom is 0.257 e. The average Bonchev–Trinajstić information content (AvgIpc) is 2.89. The Morgan fingerprint density at radius 3 is 2.36 bits per heavy atom. The number of hydrogen-bond donors (Lipinski definition) is 2. The molecule has 1 amide bonds. The molecule has 2 rings (SSSR count). The van der Waals surface area contributed by atoms with Crippen LogP contribution in [-0.4, -0.2) is 57.1 Å². The Morgan fingerprint density at radius 2 is 1.82 bits per heavy atom. The van der Waals surface area contributed by atoms with Crippen molar-refractivity contribution in [2.75, 3.05) is 26.3 Å². The lowest BCUT2D eigenvalue weighted by molar-refractivity contribution is 0.0684. The summed E-state index contributed by atoms with van der Waals surface area (Å²) in [6.45, 7) is 1.65. The lowest BCUT2D eigenvalue weighted by atomic mass is 10.2. The summed E-state index contributed by atoms with van der Waals surface area (Å²) in [6, 6.07) is 5.79. The molecule has 118 valence electrons. The molecule has 0 fully saturated rings. The molecule has 6 nitrogen and oxygen atoms in total. The van der Waals surface area contributed by atoms with E-state index < -0.39 is 0 Å². The van der Waals surface area contributed by atoms with E-state index in [0.29, 0.717) is 16.9 Å². The van der Waals surface area contributed by atoms with Crippen molar-refractivity contribution in [3.05, 3.63) is 47.5 Å². The van der Waals surface area contributed by atoms with Gasteiger partial charge in [-0.05, 0) is 31.2 Å². The van der Waals surface area contributed by atoms with Crippen molar-refractivity contribution in [2.24, 2.45) is 0 Å². The number of carbonyl (C=O) groups excluding carboxylic acids is 1. The lowest BCUT2D eigenvalue weighted by Crippen LogP contribution is -2.36. The molecule has 0 aliphatic heterocycles. The van der Waals surface area contributed by atoms with Crippen LogP contribution in [0.15, 0.2) is 30.5 Å². The van der Waals surface area contributed by atoms with Crippen LogP contribution in [0.5, 0.6) is 0 Å². The molecule has 1 heterocycles. The maximum absolute atomic E-state index is 13.0. The highest BCUT2D eigenvalue weighted by atomic mass is 19.1. The van der Waals surface area contributed by atoms with Gasteiger partial charge in [0, 0.05) is 13.1 Å². The van der Waals surface area contributed by atoms with E-state index in [-0.39, 0.29) is 38.0 Å². The SMILES string of the molecule is Cc1c(C(=O)N(CCO)CCO)cnn1-c1ccc(F)cc1. The second-order valence-electron chi connectivity index (χ2n) is 4.77. The molecule has 0 radical (unpaired) electrons. The fraction of sp³-hybridized carbons (Fsp3) is 0.333. The zero-order valence-electron chi connectivity index (χ0n) is 12.2. The van der Waals surface area contributed by atoms with E-state index in [1.807, 2.05) is 0 Å². The molecule has 2 N–H and O–H groups in total. The maximum atomic E-state index is 13.0. The second kappa shape index (κ2) is 7.15. The number of carbonyl (C=O) groups is 1. The standard InChI is InChI=1S/C15H18FN3O3/c1-11-14(15(22)18(6-8-20)7-9-21)10-17-19(11)13-4-2-12(16)3-5-13/h2-5,10,20-21H,6-9H2,1H3. The third-order valence-corrected chi connectivity index (χ3v) is 3.34. The highest BCUT2D eigenvalue weighted by Gasteiger charge is 2.20. The van der Waals surface area contributed by atoms with Gasteiger partial charge in [-0.3, -0.25) is 4.79 Å². The van der Waals surface area contributed by atoms with Gasteiger partial charge in [-0.1, -0.05) is 0 Å². The fourth-order valence-electron chi connectivity index (χ4n) is 2.19. The Balaban J connectivity index is 2.30. The Hall–Kier alpha value is -2.25. The molecular formula is C15H18FN3O3. The van der Waals surface area contributed by atoms with Crippen molar-refractivity contribution in [1.29, 1.82) is 0 Å². The molecule has 0 spiro atoms. The Morgan fingerprint density at radius 1 is 1.23 bits per heavy atom. The van der Waals surface area contributed by atoms with Crippen molar-refractivity contribution in [1.82, 2.24) is 14.7 Å². The molecule has 0 aliphatic carbocycles. The van der Waals surface area contributed by atoms with E-state index in [0.717, 1.165) is 0 Å². The minimum absolute atomic E-state index is 0.139. The number of aliphatic hydroxyl groups excluding tert-OH is 2. The largest absolute Gasteiger partial charge is 0.395 e. The first-order chi connectivity index (χ1) is 10.6. The van der Waals surface area contributed by atoms with Crippen LogP contribution in [0.1, 0.15) is 16.1 Å². The molecular weight excluding hydrogens is 289 g/mol. The number of hydrogen-bond acceptors (Lipinski definition) is 4. The van der Waals surface area contributed by atoms with Gasteiger partial charge in [0.05, 0.1) is 36.4 Å². The van der Waals surface area contributed by atoms with Gasteiger partial charge in [-0.25, -0.2) is 9.07 Å². The van der Waals surface area contributed by atoms with Crippen LogP contribution in [0.2, 0.25) is 0 Å². The number of benzene rings is 1. The van der Waals surface area contributed by atoms with Gasteiger partial charge in [0.1, 0.15) is 5.82 Å². The smallest absolute Gasteiger partial charge is 0.257 e. The van der Waals surface area contributed by atoms with Crippen LogP contribution in [0.25, 0.3) is 5.69 Å². The molecule has 0 unspecified atom stereocenters. The van der Waals surface area contributed by atoms with Crippen molar-refractivity contribution < 1.29 is 19.4 Å². The third-order valence-electron chi connectivity index (χ3n) is 3.34. The summed E-state index contributed by atoms with van der Waals surface area (Å²) >= 11 is 0. The van der Waals surface area contributed by atoms with Crippen LogP contribution in [-0.2, 0) is 0 Å². The predicted octanol–water partition coefficient (Wildman–Crippen LogP) is 0.747. The number of aliphatic hydroxyl groups is 2. The van der Waals surface area contributed by atoms with Crippen molar-refractivity contribution in [2.45, 2.75) is 6.92 Å². The molecule has 0 saturated heterocycles. The highest BCUT2D eigenvalue weighted by Crippen LogP contribution is 2.16. The molecule has 0 atom stereocenters. The van der Waals surface area contributed by atoms with E-state index in [4.69, 9.17) is 10.2 Å². The molecule has 0 aliphatic rings. The quantitative estimate of drug-likeness (QED) is 0.825. The van der Waals surface area contributed by atoms with Gasteiger partial charge >= 0.3 is 0 Å². The molecule has 7 heteroatoms. The van der Waals surface area contributed by atoms with Gasteiger partial charge in [0.25, 0.3) is 5.91 Å². The van der Waals surface area contributed by atoms with E-state index in [9.17, 15) is 9.18 Å². The summed E-state index contributed by atoms with van der Waals surface area (Å²) < 4.78 is 14.5. The summed E-state index contributed by atoms with van der Waals surface area (Å²) in [4.78, 5) is 13.8. The van der Waals surface area contributed by atoms with Crippen LogP contribution < -0.4 is 0 Å². The lowest BCUT2D eigenvalue weighted by Gasteiger charge is -2.20. The highest BCUT2D eigenvalue weighted by molar-refractivity contribution is 5.95. The van der Waals surface area contributed by atoms with Crippen LogP contribution in [0.3, 0.4) is 0 Å². The van der Waals surface area contributed by atoms with E-state index in [1.165, 1.54) is 23.2 Å². The van der Waals surface area contributed by atoms with Crippen LogP contribution in [0.4, 0.5) is 4.39 Å². The Labute approximate surface area is 127 Å². The number of aromatic nitrogens is 2. The predicted molar refractivity (Wildman–Crippen MR) is 78.3 cm³/mol. The van der Waals surface area contributed by atoms with Gasteiger partial charge in [-0.15, -0.1) is 0 Å². The van der Waals surface area contributed by atoms with Crippen molar-refractivity contribution in [3.8, 4) is 5.69 Å². The summed E-state index contributed by atoms with van der Waals surface area (Å²) in [7, 11) is 0. The number of halogens is 1. The fourth-order valence-corrected chi connectivity index (χ4v) is 2.19. The molecule has 1 aromatic heterocycles. The van der Waals surface area contributed by atoms with Crippen molar-refractivity contribution >= 4 is 5.91 Å². The third kappa shape index (κ3) is 3.32. The summed E-state index contributed by atoms with van der Waals surface area (Å²) in [5.41, 5.74) is 1.64. The summed E-state index contributed by atoms with van der Waals surface area (Å²) in [6.07, 6.45) is 1.43. The zero-order chi connectivity index (χ0) is 16.1. The first-order valence-electron chi connectivity index (χ1n) is 6.90. The normalized spacial score (nSPS) is 10.7. The number of amides is 1. The molecule has 22 heavy (non-hydrogen) atoms. The monoisotopic (exact) mass is 307 g/mol. The van der Waals surface area contributed by atoms with E-state index >= 15 is 0 Å². The van der Waals surface area contributed by atoms with E-state index in [2.05, 4.69) is 5.10 Å². The van der Waals surface area contributed by atoms with Gasteiger partial charge in [-0.2, -0.15) is 5.10 Å². The summed E-state index contributed by atoms with van der Waals surface area (Å²) in [5, 5.41) is 22.2. The molecule has 0 saturated carbocycles. The zero-order valence-corrected chi connectivity index (χ0v) is 12.2.